The summed E-state index contributed by atoms with van der Waals surface area (Å²) in [5.41, 5.74) is 2.35. The van der Waals surface area contributed by atoms with Crippen molar-refractivity contribution >= 4 is 11.7 Å². The van der Waals surface area contributed by atoms with Crippen LogP contribution in [0.5, 0.6) is 0 Å². The Kier molecular flexibility index (Phi) is 4.20. The minimum atomic E-state index is -0.457. The Morgan fingerprint density at radius 1 is 1.41 bits per heavy atom. The van der Waals surface area contributed by atoms with E-state index < -0.39 is 4.92 Å². The van der Waals surface area contributed by atoms with Crippen molar-refractivity contribution in [2.75, 3.05) is 6.61 Å². The van der Waals surface area contributed by atoms with Crippen LogP contribution in [0.4, 0.5) is 5.69 Å². The summed E-state index contributed by atoms with van der Waals surface area (Å²) in [4.78, 5) is 21.6. The number of aryl methyl sites for hydroxylation is 1. The fourth-order valence-corrected chi connectivity index (χ4v) is 1.57. The van der Waals surface area contributed by atoms with Gasteiger partial charge in [-0.3, -0.25) is 14.9 Å². The molecule has 0 spiro atoms. The number of hydrogen-bond acceptors (Lipinski definition) is 4. The largest absolute Gasteiger partial charge is 0.466 e. The highest BCUT2D eigenvalue weighted by Gasteiger charge is 2.14. The first kappa shape index (κ1) is 13.2. The normalized spacial score (nSPS) is 10.1. The maximum atomic E-state index is 11.4. The van der Waals surface area contributed by atoms with Crippen LogP contribution in [0.15, 0.2) is 12.1 Å². The molecule has 0 aliphatic rings. The van der Waals surface area contributed by atoms with E-state index in [9.17, 15) is 14.9 Å². The summed E-state index contributed by atoms with van der Waals surface area (Å²) in [6.07, 6.45) is 0.0716. The number of rotatable bonds is 4. The van der Waals surface area contributed by atoms with Gasteiger partial charge in [0.2, 0.25) is 0 Å². The first-order valence-electron chi connectivity index (χ1n) is 5.35. The third-order valence-corrected chi connectivity index (χ3v) is 2.61. The molecule has 0 aliphatic heterocycles. The number of carbonyl (C=O) groups excluding carboxylic acids is 1. The Hall–Kier alpha value is -1.91. The average Bonchev–Trinajstić information content (AvgIpc) is 2.24. The monoisotopic (exact) mass is 237 g/mol. The van der Waals surface area contributed by atoms with Crippen LogP contribution in [-0.2, 0) is 16.0 Å². The van der Waals surface area contributed by atoms with E-state index in [1.165, 1.54) is 12.1 Å². The molecule has 0 radical (unpaired) electrons. The van der Waals surface area contributed by atoms with Gasteiger partial charge in [-0.15, -0.1) is 0 Å². The lowest BCUT2D eigenvalue weighted by Gasteiger charge is -2.08. The summed E-state index contributed by atoms with van der Waals surface area (Å²) < 4.78 is 4.83. The van der Waals surface area contributed by atoms with E-state index in [2.05, 4.69) is 0 Å². The fraction of sp³-hybridized carbons (Fsp3) is 0.417. The number of non-ortho nitro benzene ring substituents is 1. The molecule has 0 atom stereocenters. The molecule has 0 aliphatic carbocycles. The van der Waals surface area contributed by atoms with Crippen molar-refractivity contribution in [1.82, 2.24) is 0 Å². The Labute approximate surface area is 99.5 Å². The zero-order chi connectivity index (χ0) is 13.0. The van der Waals surface area contributed by atoms with Crippen LogP contribution in [0.3, 0.4) is 0 Å². The van der Waals surface area contributed by atoms with Crippen molar-refractivity contribution in [2.24, 2.45) is 0 Å². The summed E-state index contributed by atoms with van der Waals surface area (Å²) in [5, 5.41) is 10.7. The number of hydrogen-bond donors (Lipinski definition) is 0. The number of esters is 1. The molecule has 0 aromatic heterocycles. The van der Waals surface area contributed by atoms with E-state index >= 15 is 0 Å². The first-order valence-corrected chi connectivity index (χ1v) is 5.35. The molecule has 0 heterocycles. The van der Waals surface area contributed by atoms with Gasteiger partial charge < -0.3 is 4.74 Å². The van der Waals surface area contributed by atoms with Crippen LogP contribution in [0.25, 0.3) is 0 Å². The Morgan fingerprint density at radius 2 is 2.06 bits per heavy atom. The van der Waals surface area contributed by atoms with Crippen molar-refractivity contribution in [3.63, 3.8) is 0 Å². The van der Waals surface area contributed by atoms with Crippen LogP contribution >= 0.6 is 0 Å². The standard InChI is InChI=1S/C12H15NO4/c1-4-17-12(14)7-10-6-11(13(15)16)5-8(2)9(10)3/h5-6H,4,7H2,1-3H3. The average molecular weight is 237 g/mol. The topological polar surface area (TPSA) is 69.4 Å². The molecule has 17 heavy (non-hydrogen) atoms. The molecule has 0 N–H and O–H groups in total. The van der Waals surface area contributed by atoms with E-state index in [-0.39, 0.29) is 18.1 Å². The molecule has 5 heteroatoms. The van der Waals surface area contributed by atoms with Gasteiger partial charge in [-0.1, -0.05) is 0 Å². The number of benzene rings is 1. The Bertz CT molecular complexity index is 454. The molecule has 1 aromatic rings. The highest BCUT2D eigenvalue weighted by molar-refractivity contribution is 5.73. The van der Waals surface area contributed by atoms with Gasteiger partial charge >= 0.3 is 5.97 Å². The molecule has 92 valence electrons. The summed E-state index contributed by atoms with van der Waals surface area (Å²) in [7, 11) is 0. The quantitative estimate of drug-likeness (QED) is 0.457. The number of ether oxygens (including phenoxy) is 1. The van der Waals surface area contributed by atoms with Gasteiger partial charge in [0.1, 0.15) is 0 Å². The lowest BCUT2D eigenvalue weighted by atomic mass is 10.00. The smallest absolute Gasteiger partial charge is 0.310 e. The zero-order valence-electron chi connectivity index (χ0n) is 10.1. The van der Waals surface area contributed by atoms with Crippen molar-refractivity contribution < 1.29 is 14.5 Å². The van der Waals surface area contributed by atoms with Gasteiger partial charge in [0, 0.05) is 12.1 Å². The van der Waals surface area contributed by atoms with Crippen LogP contribution in [0, 0.1) is 24.0 Å². The SMILES string of the molecule is CCOC(=O)Cc1cc([N+](=O)[O-])cc(C)c1C. The molecule has 0 amide bonds. The molecule has 1 aromatic carbocycles. The van der Waals surface area contributed by atoms with Crippen molar-refractivity contribution in [3.05, 3.63) is 38.9 Å². The molecule has 0 bridgehead atoms. The van der Waals surface area contributed by atoms with E-state index in [0.717, 1.165) is 11.1 Å². The number of nitro groups is 1. The summed E-state index contributed by atoms with van der Waals surface area (Å²) >= 11 is 0. The predicted molar refractivity (Wildman–Crippen MR) is 62.9 cm³/mol. The molecular weight excluding hydrogens is 222 g/mol. The second-order valence-electron chi connectivity index (χ2n) is 3.79. The second-order valence-corrected chi connectivity index (χ2v) is 3.79. The van der Waals surface area contributed by atoms with Gasteiger partial charge in [0.25, 0.3) is 5.69 Å². The highest BCUT2D eigenvalue weighted by atomic mass is 16.6. The van der Waals surface area contributed by atoms with E-state index in [0.29, 0.717) is 12.2 Å². The molecule has 5 nitrogen and oxygen atoms in total. The molecule has 0 unspecified atom stereocenters. The highest BCUT2D eigenvalue weighted by Crippen LogP contribution is 2.22. The maximum Gasteiger partial charge on any atom is 0.310 e. The summed E-state index contributed by atoms with van der Waals surface area (Å²) in [6, 6.07) is 2.93. The van der Waals surface area contributed by atoms with Crippen LogP contribution in [0.1, 0.15) is 23.6 Å². The number of nitro benzene ring substituents is 1. The summed E-state index contributed by atoms with van der Waals surface area (Å²) in [6.45, 7) is 5.67. The number of nitrogens with zero attached hydrogens (tertiary/aromatic N) is 1. The third kappa shape index (κ3) is 3.27. The van der Waals surface area contributed by atoms with Gasteiger partial charge in [0.05, 0.1) is 18.0 Å². The minimum absolute atomic E-state index is 0.00685. The lowest BCUT2D eigenvalue weighted by Crippen LogP contribution is -2.09. The number of carbonyl (C=O) groups is 1. The predicted octanol–water partition coefficient (Wildman–Crippen LogP) is 2.32. The molecular formula is C12H15NO4. The van der Waals surface area contributed by atoms with Gasteiger partial charge in [-0.2, -0.15) is 0 Å². The van der Waals surface area contributed by atoms with Gasteiger partial charge in [-0.25, -0.2) is 0 Å². The molecule has 1 rings (SSSR count). The van der Waals surface area contributed by atoms with Crippen LogP contribution in [-0.4, -0.2) is 17.5 Å². The second kappa shape index (κ2) is 5.43. The minimum Gasteiger partial charge on any atom is -0.466 e. The Balaban J connectivity index is 3.05. The van der Waals surface area contributed by atoms with E-state index in [4.69, 9.17) is 4.74 Å². The fourth-order valence-electron chi connectivity index (χ4n) is 1.57. The Morgan fingerprint density at radius 3 is 2.59 bits per heavy atom. The first-order chi connectivity index (χ1) is 7.95. The zero-order valence-corrected chi connectivity index (χ0v) is 10.1. The molecule has 0 fully saturated rings. The van der Waals surface area contributed by atoms with Crippen LogP contribution < -0.4 is 0 Å². The van der Waals surface area contributed by atoms with E-state index in [1.54, 1.807) is 13.8 Å². The van der Waals surface area contributed by atoms with Crippen molar-refractivity contribution in [2.45, 2.75) is 27.2 Å². The third-order valence-electron chi connectivity index (χ3n) is 2.61. The summed E-state index contributed by atoms with van der Waals surface area (Å²) in [5.74, 6) is -0.365. The molecule has 0 saturated heterocycles. The van der Waals surface area contributed by atoms with E-state index in [1.807, 2.05) is 6.92 Å². The lowest BCUT2D eigenvalue weighted by molar-refractivity contribution is -0.385. The van der Waals surface area contributed by atoms with Crippen molar-refractivity contribution in [3.8, 4) is 0 Å². The van der Waals surface area contributed by atoms with Crippen LogP contribution in [0.2, 0.25) is 0 Å². The van der Waals surface area contributed by atoms with Gasteiger partial charge in [-0.05, 0) is 37.5 Å². The van der Waals surface area contributed by atoms with Crippen molar-refractivity contribution in [1.29, 1.82) is 0 Å². The molecule has 0 saturated carbocycles. The van der Waals surface area contributed by atoms with Gasteiger partial charge in [0.15, 0.2) is 0 Å². The maximum absolute atomic E-state index is 11.4.